The van der Waals surface area contributed by atoms with Crippen LogP contribution in [0.4, 0.5) is 8.78 Å². The molecule has 0 aliphatic rings. The fraction of sp³-hybridized carbons (Fsp3) is 0. The lowest BCUT2D eigenvalue weighted by Crippen LogP contribution is -1.91. The Morgan fingerprint density at radius 2 is 2.00 bits per heavy atom. The van der Waals surface area contributed by atoms with E-state index in [2.05, 4.69) is 0 Å². The van der Waals surface area contributed by atoms with E-state index in [0.717, 1.165) is 12.1 Å². The van der Waals surface area contributed by atoms with Gasteiger partial charge in [0.15, 0.2) is 17.9 Å². The van der Waals surface area contributed by atoms with Crippen LogP contribution in [0.2, 0.25) is 5.02 Å². The maximum Gasteiger partial charge on any atom is 0.169 e. The Balaban J connectivity index is 3.35. The fourth-order valence-corrected chi connectivity index (χ4v) is 0.875. The summed E-state index contributed by atoms with van der Waals surface area (Å²) in [5.74, 6) is -2.27. The minimum absolute atomic E-state index is 0.00556. The predicted molar refractivity (Wildman–Crippen MR) is 36.8 cm³/mol. The molecule has 0 aromatic heterocycles. The number of hydrogen-bond donors (Lipinski definition) is 0. The standard InChI is InChI=1S/C7H3ClF2O/c8-5-1-4(3-11)7(10)6(9)2-5/h1-3H. The molecule has 1 aromatic carbocycles. The van der Waals surface area contributed by atoms with Gasteiger partial charge in [0.25, 0.3) is 0 Å². The summed E-state index contributed by atoms with van der Waals surface area (Å²) in [6.07, 6.45) is 0.213. The quantitative estimate of drug-likeness (QED) is 0.475. The number of carbonyl (C=O) groups is 1. The Labute approximate surface area is 66.6 Å². The second kappa shape index (κ2) is 2.96. The Morgan fingerprint density at radius 1 is 1.36 bits per heavy atom. The number of aldehydes is 1. The Hall–Kier alpha value is -0.960. The van der Waals surface area contributed by atoms with Crippen LogP contribution in [0.15, 0.2) is 12.1 Å². The Morgan fingerprint density at radius 3 is 2.55 bits per heavy atom. The summed E-state index contributed by atoms with van der Waals surface area (Å²) in [4.78, 5) is 10.1. The minimum atomic E-state index is -1.16. The van der Waals surface area contributed by atoms with E-state index in [-0.39, 0.29) is 16.9 Å². The van der Waals surface area contributed by atoms with Gasteiger partial charge >= 0.3 is 0 Å². The molecule has 0 radical (unpaired) electrons. The highest BCUT2D eigenvalue weighted by Gasteiger charge is 2.08. The molecule has 0 aliphatic carbocycles. The zero-order valence-electron chi connectivity index (χ0n) is 5.27. The van der Waals surface area contributed by atoms with Crippen molar-refractivity contribution in [2.24, 2.45) is 0 Å². The molecule has 58 valence electrons. The first-order chi connectivity index (χ1) is 5.15. The average molecular weight is 177 g/mol. The van der Waals surface area contributed by atoms with Crippen molar-refractivity contribution in [3.05, 3.63) is 34.4 Å². The predicted octanol–water partition coefficient (Wildman–Crippen LogP) is 2.43. The van der Waals surface area contributed by atoms with Gasteiger partial charge in [-0.15, -0.1) is 0 Å². The maximum atomic E-state index is 12.5. The van der Waals surface area contributed by atoms with Crippen molar-refractivity contribution < 1.29 is 13.6 Å². The van der Waals surface area contributed by atoms with Gasteiger partial charge in [-0.3, -0.25) is 4.79 Å². The largest absolute Gasteiger partial charge is 0.298 e. The monoisotopic (exact) mass is 176 g/mol. The van der Waals surface area contributed by atoms with Crippen LogP contribution in [0.5, 0.6) is 0 Å². The van der Waals surface area contributed by atoms with Gasteiger partial charge in [-0.1, -0.05) is 11.6 Å². The first-order valence-corrected chi connectivity index (χ1v) is 3.12. The molecule has 0 heterocycles. The van der Waals surface area contributed by atoms with Crippen molar-refractivity contribution in [2.75, 3.05) is 0 Å². The Kier molecular flexibility index (Phi) is 2.19. The molecule has 1 nitrogen and oxygen atoms in total. The van der Waals surface area contributed by atoms with Crippen LogP contribution >= 0.6 is 11.6 Å². The summed E-state index contributed by atoms with van der Waals surface area (Å²) in [6, 6.07) is 1.87. The van der Waals surface area contributed by atoms with Gasteiger partial charge in [0.2, 0.25) is 0 Å². The summed E-state index contributed by atoms with van der Waals surface area (Å²) in [5, 5.41) is 0.00556. The highest BCUT2D eigenvalue weighted by Crippen LogP contribution is 2.16. The lowest BCUT2D eigenvalue weighted by Gasteiger charge is -1.96. The minimum Gasteiger partial charge on any atom is -0.298 e. The molecule has 4 heteroatoms. The van der Waals surface area contributed by atoms with Gasteiger partial charge in [0.05, 0.1) is 5.56 Å². The maximum absolute atomic E-state index is 12.5. The molecule has 1 aromatic rings. The number of rotatable bonds is 1. The zero-order chi connectivity index (χ0) is 8.43. The smallest absolute Gasteiger partial charge is 0.169 e. The van der Waals surface area contributed by atoms with Gasteiger partial charge in [0, 0.05) is 5.02 Å². The molecule has 0 atom stereocenters. The van der Waals surface area contributed by atoms with Crippen LogP contribution in [0.3, 0.4) is 0 Å². The summed E-state index contributed by atoms with van der Waals surface area (Å²) < 4.78 is 24.9. The Bertz CT molecular complexity index is 299. The third kappa shape index (κ3) is 1.54. The van der Waals surface area contributed by atoms with Crippen molar-refractivity contribution in [2.45, 2.75) is 0 Å². The first kappa shape index (κ1) is 8.14. The molecule has 0 fully saturated rings. The molecular weight excluding hydrogens is 174 g/mol. The molecule has 0 spiro atoms. The van der Waals surface area contributed by atoms with E-state index in [9.17, 15) is 13.6 Å². The molecule has 1 rings (SSSR count). The van der Waals surface area contributed by atoms with E-state index >= 15 is 0 Å². The molecule has 0 saturated carbocycles. The van der Waals surface area contributed by atoms with Gasteiger partial charge < -0.3 is 0 Å². The topological polar surface area (TPSA) is 17.1 Å². The van der Waals surface area contributed by atoms with Crippen LogP contribution in [0, 0.1) is 11.6 Å². The van der Waals surface area contributed by atoms with Crippen LogP contribution in [0.1, 0.15) is 10.4 Å². The molecule has 0 aliphatic heterocycles. The fourth-order valence-electron chi connectivity index (χ4n) is 0.662. The highest BCUT2D eigenvalue weighted by atomic mass is 35.5. The van der Waals surface area contributed by atoms with E-state index in [1.165, 1.54) is 0 Å². The van der Waals surface area contributed by atoms with Crippen LogP contribution < -0.4 is 0 Å². The highest BCUT2D eigenvalue weighted by molar-refractivity contribution is 6.30. The van der Waals surface area contributed by atoms with Gasteiger partial charge in [-0.2, -0.15) is 0 Å². The summed E-state index contributed by atoms with van der Waals surface area (Å²) in [6.45, 7) is 0. The van der Waals surface area contributed by atoms with Crippen molar-refractivity contribution in [1.82, 2.24) is 0 Å². The zero-order valence-corrected chi connectivity index (χ0v) is 6.03. The van der Waals surface area contributed by atoms with Crippen LogP contribution in [-0.4, -0.2) is 6.29 Å². The lowest BCUT2D eigenvalue weighted by molar-refractivity contribution is 0.111. The summed E-state index contributed by atoms with van der Waals surface area (Å²) >= 11 is 5.34. The molecule has 11 heavy (non-hydrogen) atoms. The molecular formula is C7H3ClF2O. The summed E-state index contributed by atoms with van der Waals surface area (Å²) in [7, 11) is 0. The molecule has 0 unspecified atom stereocenters. The van der Waals surface area contributed by atoms with E-state index in [1.807, 2.05) is 0 Å². The van der Waals surface area contributed by atoms with E-state index < -0.39 is 11.6 Å². The van der Waals surface area contributed by atoms with Gasteiger partial charge in [-0.25, -0.2) is 8.78 Å². The van der Waals surface area contributed by atoms with Crippen molar-refractivity contribution in [3.63, 3.8) is 0 Å². The van der Waals surface area contributed by atoms with Crippen molar-refractivity contribution >= 4 is 17.9 Å². The normalized spacial score (nSPS) is 9.73. The molecule has 0 saturated heterocycles. The first-order valence-electron chi connectivity index (χ1n) is 2.75. The lowest BCUT2D eigenvalue weighted by atomic mass is 10.2. The van der Waals surface area contributed by atoms with E-state index in [4.69, 9.17) is 11.6 Å². The second-order valence-electron chi connectivity index (χ2n) is 1.91. The van der Waals surface area contributed by atoms with E-state index in [1.54, 1.807) is 0 Å². The van der Waals surface area contributed by atoms with Gasteiger partial charge in [-0.05, 0) is 12.1 Å². The SMILES string of the molecule is O=Cc1cc(Cl)cc(F)c1F. The number of halogens is 3. The number of benzene rings is 1. The molecule has 0 bridgehead atoms. The average Bonchev–Trinajstić information content (AvgIpc) is 1.96. The number of carbonyl (C=O) groups excluding carboxylic acids is 1. The van der Waals surface area contributed by atoms with E-state index in [0.29, 0.717) is 0 Å². The molecule has 0 amide bonds. The summed E-state index contributed by atoms with van der Waals surface area (Å²) in [5.41, 5.74) is -0.366. The second-order valence-corrected chi connectivity index (χ2v) is 2.35. The number of hydrogen-bond acceptors (Lipinski definition) is 1. The van der Waals surface area contributed by atoms with Crippen LogP contribution in [-0.2, 0) is 0 Å². The van der Waals surface area contributed by atoms with Crippen LogP contribution in [0.25, 0.3) is 0 Å². The van der Waals surface area contributed by atoms with Crippen molar-refractivity contribution in [1.29, 1.82) is 0 Å². The van der Waals surface area contributed by atoms with Crippen molar-refractivity contribution in [3.8, 4) is 0 Å². The molecule has 0 N–H and O–H groups in total. The van der Waals surface area contributed by atoms with Gasteiger partial charge in [0.1, 0.15) is 0 Å². The third-order valence-corrected chi connectivity index (χ3v) is 1.37. The third-order valence-electron chi connectivity index (χ3n) is 1.15.